The first-order chi connectivity index (χ1) is 7.54. The van der Waals surface area contributed by atoms with E-state index in [9.17, 15) is 10.2 Å². The topological polar surface area (TPSA) is 89.2 Å². The molecule has 0 aliphatic carbocycles. The van der Waals surface area contributed by atoms with Crippen LogP contribution in [0.25, 0.3) is 10.4 Å². The molecule has 0 amide bonds. The SMILES string of the molecule is Cc1cc(C)cc(C(O)C(O)CN=[N+]=[N-])c1. The Morgan fingerprint density at radius 1 is 1.25 bits per heavy atom. The van der Waals surface area contributed by atoms with Crippen molar-refractivity contribution in [3.8, 4) is 0 Å². The summed E-state index contributed by atoms with van der Waals surface area (Å²) in [5, 5.41) is 22.6. The predicted molar refractivity (Wildman–Crippen MR) is 60.9 cm³/mol. The lowest BCUT2D eigenvalue weighted by atomic mass is 10.00. The van der Waals surface area contributed by atoms with E-state index in [1.165, 1.54) is 0 Å². The molecule has 0 fully saturated rings. The van der Waals surface area contributed by atoms with Crippen LogP contribution in [0.5, 0.6) is 0 Å². The molecule has 1 aromatic carbocycles. The molecule has 1 rings (SSSR count). The van der Waals surface area contributed by atoms with E-state index in [2.05, 4.69) is 10.0 Å². The lowest BCUT2D eigenvalue weighted by Crippen LogP contribution is -2.21. The summed E-state index contributed by atoms with van der Waals surface area (Å²) < 4.78 is 0. The Labute approximate surface area is 94.0 Å². The summed E-state index contributed by atoms with van der Waals surface area (Å²) in [6.45, 7) is 3.71. The van der Waals surface area contributed by atoms with E-state index in [0.29, 0.717) is 5.56 Å². The fraction of sp³-hybridized carbons (Fsp3) is 0.455. The highest BCUT2D eigenvalue weighted by molar-refractivity contribution is 5.30. The van der Waals surface area contributed by atoms with E-state index in [0.717, 1.165) is 11.1 Å². The molecule has 1 aromatic rings. The lowest BCUT2D eigenvalue weighted by Gasteiger charge is -2.17. The molecule has 0 spiro atoms. The number of hydrogen-bond donors (Lipinski definition) is 2. The summed E-state index contributed by atoms with van der Waals surface area (Å²) in [6, 6.07) is 5.59. The van der Waals surface area contributed by atoms with Gasteiger partial charge in [-0.15, -0.1) is 0 Å². The van der Waals surface area contributed by atoms with E-state index in [-0.39, 0.29) is 6.54 Å². The van der Waals surface area contributed by atoms with Crippen LogP contribution in [0, 0.1) is 13.8 Å². The summed E-state index contributed by atoms with van der Waals surface area (Å²) in [6.07, 6.45) is -2.10. The van der Waals surface area contributed by atoms with E-state index >= 15 is 0 Å². The second-order valence-electron chi connectivity index (χ2n) is 3.85. The van der Waals surface area contributed by atoms with Crippen molar-refractivity contribution in [2.45, 2.75) is 26.1 Å². The molecule has 2 unspecified atom stereocenters. The fourth-order valence-corrected chi connectivity index (χ4v) is 1.62. The molecule has 86 valence electrons. The minimum atomic E-state index is -1.07. The molecule has 2 atom stereocenters. The third-order valence-electron chi connectivity index (χ3n) is 2.28. The van der Waals surface area contributed by atoms with Crippen molar-refractivity contribution in [3.05, 3.63) is 45.3 Å². The molecule has 0 aromatic heterocycles. The zero-order valence-corrected chi connectivity index (χ0v) is 9.33. The molecular weight excluding hydrogens is 206 g/mol. The minimum Gasteiger partial charge on any atom is -0.390 e. The van der Waals surface area contributed by atoms with Crippen LogP contribution in [0.15, 0.2) is 23.3 Å². The van der Waals surface area contributed by atoms with Crippen molar-refractivity contribution in [1.82, 2.24) is 0 Å². The maximum Gasteiger partial charge on any atom is 0.105 e. The van der Waals surface area contributed by atoms with Crippen molar-refractivity contribution in [1.29, 1.82) is 0 Å². The normalized spacial score (nSPS) is 14.0. The van der Waals surface area contributed by atoms with Gasteiger partial charge < -0.3 is 10.2 Å². The minimum absolute atomic E-state index is 0.134. The second-order valence-corrected chi connectivity index (χ2v) is 3.85. The molecule has 16 heavy (non-hydrogen) atoms. The molecule has 0 heterocycles. The van der Waals surface area contributed by atoms with Crippen LogP contribution < -0.4 is 0 Å². The number of benzene rings is 1. The average molecular weight is 221 g/mol. The number of rotatable bonds is 4. The average Bonchev–Trinajstić information content (AvgIpc) is 2.23. The van der Waals surface area contributed by atoms with Crippen LogP contribution in [0.2, 0.25) is 0 Å². The van der Waals surface area contributed by atoms with Gasteiger partial charge in [0.05, 0.1) is 12.6 Å². The molecule has 0 aliphatic rings. The third kappa shape index (κ3) is 3.24. The quantitative estimate of drug-likeness (QED) is 0.462. The first kappa shape index (κ1) is 12.5. The molecule has 0 saturated heterocycles. The first-order valence-electron chi connectivity index (χ1n) is 4.99. The van der Waals surface area contributed by atoms with Gasteiger partial charge in [-0.3, -0.25) is 0 Å². The van der Waals surface area contributed by atoms with Crippen molar-refractivity contribution in [3.63, 3.8) is 0 Å². The lowest BCUT2D eigenvalue weighted by molar-refractivity contribution is 0.0243. The molecule has 0 saturated carbocycles. The van der Waals surface area contributed by atoms with Crippen LogP contribution in [0.3, 0.4) is 0 Å². The Balaban J connectivity index is 2.86. The van der Waals surface area contributed by atoms with Crippen LogP contribution in [0.4, 0.5) is 0 Å². The zero-order chi connectivity index (χ0) is 12.1. The second kappa shape index (κ2) is 5.51. The number of hydrogen-bond acceptors (Lipinski definition) is 3. The summed E-state index contributed by atoms with van der Waals surface area (Å²) in [5.41, 5.74) is 10.8. The largest absolute Gasteiger partial charge is 0.390 e. The smallest absolute Gasteiger partial charge is 0.105 e. The van der Waals surface area contributed by atoms with E-state index in [4.69, 9.17) is 5.53 Å². The number of aliphatic hydroxyl groups excluding tert-OH is 2. The maximum absolute atomic E-state index is 9.83. The molecule has 0 radical (unpaired) electrons. The summed E-state index contributed by atoms with van der Waals surface area (Å²) >= 11 is 0. The molecular formula is C11H15N3O2. The summed E-state index contributed by atoms with van der Waals surface area (Å²) in [5.74, 6) is 0. The number of aryl methyl sites for hydroxylation is 2. The standard InChI is InChI=1S/C11H15N3O2/c1-7-3-8(2)5-9(4-7)11(16)10(15)6-13-14-12/h3-5,10-11,15-16H,6H2,1-2H3. The highest BCUT2D eigenvalue weighted by atomic mass is 16.3. The number of aliphatic hydroxyl groups is 2. The Bertz CT molecular complexity index is 393. The molecule has 0 aliphatic heterocycles. The maximum atomic E-state index is 9.83. The summed E-state index contributed by atoms with van der Waals surface area (Å²) in [4.78, 5) is 2.54. The summed E-state index contributed by atoms with van der Waals surface area (Å²) in [7, 11) is 0. The fourth-order valence-electron chi connectivity index (χ4n) is 1.62. The van der Waals surface area contributed by atoms with Gasteiger partial charge in [0, 0.05) is 4.91 Å². The predicted octanol–water partition coefficient (Wildman–Crippen LogP) is 2.01. The van der Waals surface area contributed by atoms with Gasteiger partial charge in [0.2, 0.25) is 0 Å². The molecule has 2 N–H and O–H groups in total. The van der Waals surface area contributed by atoms with Crippen LogP contribution >= 0.6 is 0 Å². The van der Waals surface area contributed by atoms with Gasteiger partial charge in [0.15, 0.2) is 0 Å². The van der Waals surface area contributed by atoms with Crippen LogP contribution in [-0.2, 0) is 0 Å². The Kier molecular flexibility index (Phi) is 4.31. The van der Waals surface area contributed by atoms with Crippen molar-refractivity contribution in [2.24, 2.45) is 5.11 Å². The van der Waals surface area contributed by atoms with E-state index in [1.807, 2.05) is 19.9 Å². The Morgan fingerprint density at radius 2 is 1.81 bits per heavy atom. The van der Waals surface area contributed by atoms with E-state index < -0.39 is 12.2 Å². The number of azide groups is 1. The van der Waals surface area contributed by atoms with Gasteiger partial charge in [-0.25, -0.2) is 0 Å². The van der Waals surface area contributed by atoms with Gasteiger partial charge in [0.25, 0.3) is 0 Å². The first-order valence-corrected chi connectivity index (χ1v) is 4.99. The molecule has 0 bridgehead atoms. The zero-order valence-electron chi connectivity index (χ0n) is 9.33. The van der Waals surface area contributed by atoms with Gasteiger partial charge in [-0.2, -0.15) is 0 Å². The van der Waals surface area contributed by atoms with Gasteiger partial charge in [0.1, 0.15) is 6.10 Å². The van der Waals surface area contributed by atoms with Gasteiger partial charge in [-0.05, 0) is 24.9 Å². The third-order valence-corrected chi connectivity index (χ3v) is 2.28. The number of nitrogens with zero attached hydrogens (tertiary/aromatic N) is 3. The Hall–Kier alpha value is -1.55. The highest BCUT2D eigenvalue weighted by Gasteiger charge is 2.17. The Morgan fingerprint density at radius 3 is 2.31 bits per heavy atom. The monoisotopic (exact) mass is 221 g/mol. The highest BCUT2D eigenvalue weighted by Crippen LogP contribution is 2.20. The molecule has 5 heteroatoms. The van der Waals surface area contributed by atoms with Gasteiger partial charge >= 0.3 is 0 Å². The molecule has 5 nitrogen and oxygen atoms in total. The van der Waals surface area contributed by atoms with Crippen LogP contribution in [0.1, 0.15) is 22.8 Å². The van der Waals surface area contributed by atoms with E-state index in [1.54, 1.807) is 12.1 Å². The van der Waals surface area contributed by atoms with Crippen molar-refractivity contribution in [2.75, 3.05) is 6.54 Å². The van der Waals surface area contributed by atoms with Gasteiger partial charge in [-0.1, -0.05) is 34.4 Å². The van der Waals surface area contributed by atoms with Crippen molar-refractivity contribution >= 4 is 0 Å². The van der Waals surface area contributed by atoms with Crippen molar-refractivity contribution < 1.29 is 10.2 Å². The van der Waals surface area contributed by atoms with Crippen LogP contribution in [-0.4, -0.2) is 22.9 Å².